The van der Waals surface area contributed by atoms with Gasteiger partial charge in [-0.3, -0.25) is 14.7 Å². The Bertz CT molecular complexity index is 478. The van der Waals surface area contributed by atoms with E-state index in [1.807, 2.05) is 26.1 Å². The molecule has 1 aromatic rings. The van der Waals surface area contributed by atoms with Crippen molar-refractivity contribution < 1.29 is 9.53 Å². The Morgan fingerprint density at radius 2 is 2.35 bits per heavy atom. The number of hydrogen-bond acceptors (Lipinski definition) is 4. The SMILES string of the molecule is CO[C@H]1C[C@@H](CN(C)C(=O)c2ncccc2C)N(C)C1. The van der Waals surface area contributed by atoms with Crippen molar-refractivity contribution in [2.24, 2.45) is 0 Å². The van der Waals surface area contributed by atoms with Gasteiger partial charge in [0.05, 0.1) is 6.10 Å². The fourth-order valence-electron chi connectivity index (χ4n) is 2.70. The number of ether oxygens (including phenoxy) is 1. The van der Waals surface area contributed by atoms with Crippen molar-refractivity contribution in [2.45, 2.75) is 25.5 Å². The van der Waals surface area contributed by atoms with Crippen LogP contribution in [0.15, 0.2) is 18.3 Å². The normalized spacial score (nSPS) is 23.0. The summed E-state index contributed by atoms with van der Waals surface area (Å²) in [6, 6.07) is 4.11. The first-order valence-corrected chi connectivity index (χ1v) is 6.93. The van der Waals surface area contributed by atoms with Crippen molar-refractivity contribution in [3.05, 3.63) is 29.6 Å². The van der Waals surface area contributed by atoms with Crippen LogP contribution in [0.2, 0.25) is 0 Å². The molecule has 0 saturated carbocycles. The lowest BCUT2D eigenvalue weighted by atomic mass is 10.1. The van der Waals surface area contributed by atoms with Crippen LogP contribution < -0.4 is 0 Å². The zero-order chi connectivity index (χ0) is 14.7. The molecule has 0 unspecified atom stereocenters. The van der Waals surface area contributed by atoms with Gasteiger partial charge >= 0.3 is 0 Å². The maximum atomic E-state index is 12.4. The second-order valence-corrected chi connectivity index (χ2v) is 5.54. The van der Waals surface area contributed by atoms with E-state index in [0.717, 1.165) is 18.5 Å². The summed E-state index contributed by atoms with van der Waals surface area (Å²) >= 11 is 0. The number of methoxy groups -OCH3 is 1. The molecule has 2 heterocycles. The van der Waals surface area contributed by atoms with Gasteiger partial charge in [-0.05, 0) is 32.0 Å². The summed E-state index contributed by atoms with van der Waals surface area (Å²) in [6.07, 6.45) is 2.90. The Balaban J connectivity index is 2.00. The molecule has 5 heteroatoms. The van der Waals surface area contributed by atoms with Gasteiger partial charge in [0.25, 0.3) is 5.91 Å². The smallest absolute Gasteiger partial charge is 0.272 e. The first kappa shape index (κ1) is 14.9. The minimum absolute atomic E-state index is 0.0163. The van der Waals surface area contributed by atoms with Crippen LogP contribution in [0.3, 0.4) is 0 Å². The molecule has 110 valence electrons. The van der Waals surface area contributed by atoms with Gasteiger partial charge in [0.2, 0.25) is 0 Å². The van der Waals surface area contributed by atoms with E-state index in [2.05, 4.69) is 16.9 Å². The van der Waals surface area contributed by atoms with Crippen LogP contribution >= 0.6 is 0 Å². The molecule has 0 radical (unpaired) electrons. The average Bonchev–Trinajstić information content (AvgIpc) is 2.79. The number of nitrogens with zero attached hydrogens (tertiary/aromatic N) is 3. The molecule has 0 aromatic carbocycles. The Labute approximate surface area is 120 Å². The third-order valence-corrected chi connectivity index (χ3v) is 4.03. The van der Waals surface area contributed by atoms with Crippen LogP contribution in [-0.2, 0) is 4.74 Å². The molecular formula is C15H23N3O2. The lowest BCUT2D eigenvalue weighted by Gasteiger charge is -2.25. The van der Waals surface area contributed by atoms with Gasteiger partial charge in [0.15, 0.2) is 0 Å². The van der Waals surface area contributed by atoms with Crippen LogP contribution in [0.4, 0.5) is 0 Å². The van der Waals surface area contributed by atoms with Gasteiger partial charge in [0.1, 0.15) is 5.69 Å². The number of amides is 1. The zero-order valence-corrected chi connectivity index (χ0v) is 12.7. The van der Waals surface area contributed by atoms with E-state index >= 15 is 0 Å². The number of pyridine rings is 1. The van der Waals surface area contributed by atoms with Crippen LogP contribution in [0, 0.1) is 6.92 Å². The first-order valence-electron chi connectivity index (χ1n) is 6.93. The van der Waals surface area contributed by atoms with Crippen LogP contribution in [0.1, 0.15) is 22.5 Å². The molecule has 20 heavy (non-hydrogen) atoms. The Morgan fingerprint density at radius 1 is 1.60 bits per heavy atom. The predicted octanol–water partition coefficient (Wildman–Crippen LogP) is 1.18. The summed E-state index contributed by atoms with van der Waals surface area (Å²) < 4.78 is 5.40. The van der Waals surface area contributed by atoms with E-state index in [-0.39, 0.29) is 12.0 Å². The van der Waals surface area contributed by atoms with E-state index in [9.17, 15) is 4.79 Å². The molecule has 1 amide bonds. The molecule has 1 fully saturated rings. The largest absolute Gasteiger partial charge is 0.380 e. The fraction of sp³-hybridized carbons (Fsp3) is 0.600. The first-order chi connectivity index (χ1) is 9.52. The number of aryl methyl sites for hydroxylation is 1. The quantitative estimate of drug-likeness (QED) is 0.829. The highest BCUT2D eigenvalue weighted by atomic mass is 16.5. The molecule has 1 aliphatic heterocycles. The summed E-state index contributed by atoms with van der Waals surface area (Å²) in [7, 11) is 5.66. The molecule has 0 aliphatic carbocycles. The average molecular weight is 277 g/mol. The third-order valence-electron chi connectivity index (χ3n) is 4.03. The number of rotatable bonds is 4. The minimum atomic E-state index is -0.0163. The van der Waals surface area contributed by atoms with Crippen molar-refractivity contribution >= 4 is 5.91 Å². The van der Waals surface area contributed by atoms with Crippen molar-refractivity contribution in [2.75, 3.05) is 34.3 Å². The molecule has 0 bridgehead atoms. The summed E-state index contributed by atoms with van der Waals surface area (Å²) in [4.78, 5) is 20.6. The highest BCUT2D eigenvalue weighted by Gasteiger charge is 2.31. The van der Waals surface area contributed by atoms with Crippen LogP contribution in [0.25, 0.3) is 0 Å². The van der Waals surface area contributed by atoms with E-state index in [1.165, 1.54) is 0 Å². The van der Waals surface area contributed by atoms with Gasteiger partial charge < -0.3 is 9.64 Å². The molecule has 0 N–H and O–H groups in total. The molecular weight excluding hydrogens is 254 g/mol. The second-order valence-electron chi connectivity index (χ2n) is 5.54. The summed E-state index contributed by atoms with van der Waals surface area (Å²) in [5.41, 5.74) is 1.46. The summed E-state index contributed by atoms with van der Waals surface area (Å²) in [5.74, 6) is -0.0163. The molecule has 2 atom stereocenters. The van der Waals surface area contributed by atoms with Gasteiger partial charge in [-0.2, -0.15) is 0 Å². The van der Waals surface area contributed by atoms with E-state index in [1.54, 1.807) is 18.2 Å². The number of likely N-dealkylation sites (N-methyl/N-ethyl adjacent to an activating group) is 2. The Hall–Kier alpha value is -1.46. The highest BCUT2D eigenvalue weighted by molar-refractivity contribution is 5.93. The van der Waals surface area contributed by atoms with E-state index in [0.29, 0.717) is 18.3 Å². The third kappa shape index (κ3) is 3.16. The maximum absolute atomic E-state index is 12.4. The predicted molar refractivity (Wildman–Crippen MR) is 77.8 cm³/mol. The number of carbonyl (C=O) groups excluding carboxylic acids is 1. The van der Waals surface area contributed by atoms with E-state index in [4.69, 9.17) is 4.74 Å². The van der Waals surface area contributed by atoms with Crippen molar-refractivity contribution in [3.8, 4) is 0 Å². The number of hydrogen-bond donors (Lipinski definition) is 0. The van der Waals surface area contributed by atoms with Crippen molar-refractivity contribution in [3.63, 3.8) is 0 Å². The fourth-order valence-corrected chi connectivity index (χ4v) is 2.70. The van der Waals surface area contributed by atoms with Crippen LogP contribution in [0.5, 0.6) is 0 Å². The Kier molecular flexibility index (Phi) is 4.73. The highest BCUT2D eigenvalue weighted by Crippen LogP contribution is 2.19. The lowest BCUT2D eigenvalue weighted by molar-refractivity contribution is 0.0753. The number of carbonyl (C=O) groups is 1. The molecule has 1 aromatic heterocycles. The monoisotopic (exact) mass is 277 g/mol. The number of aromatic nitrogens is 1. The minimum Gasteiger partial charge on any atom is -0.380 e. The molecule has 0 spiro atoms. The van der Waals surface area contributed by atoms with Crippen molar-refractivity contribution in [1.82, 2.24) is 14.8 Å². The maximum Gasteiger partial charge on any atom is 0.272 e. The standard InChI is InChI=1S/C15H23N3O2/c1-11-6-5-7-16-14(11)15(19)18(3)9-12-8-13(20-4)10-17(12)2/h5-7,12-13H,8-10H2,1-4H3/t12-,13-/m0/s1. The number of likely N-dealkylation sites (tertiary alicyclic amines) is 1. The Morgan fingerprint density at radius 3 is 2.95 bits per heavy atom. The molecule has 1 saturated heterocycles. The van der Waals surface area contributed by atoms with Gasteiger partial charge in [-0.1, -0.05) is 6.07 Å². The summed E-state index contributed by atoms with van der Waals surface area (Å²) in [5, 5.41) is 0. The van der Waals surface area contributed by atoms with Gasteiger partial charge in [0, 0.05) is 39.5 Å². The van der Waals surface area contributed by atoms with E-state index < -0.39 is 0 Å². The lowest BCUT2D eigenvalue weighted by Crippen LogP contribution is -2.40. The van der Waals surface area contributed by atoms with Crippen molar-refractivity contribution in [1.29, 1.82) is 0 Å². The van der Waals surface area contributed by atoms with Crippen LogP contribution in [-0.4, -0.2) is 67.1 Å². The molecule has 1 aliphatic rings. The topological polar surface area (TPSA) is 45.7 Å². The van der Waals surface area contributed by atoms with Gasteiger partial charge in [-0.15, -0.1) is 0 Å². The summed E-state index contributed by atoms with van der Waals surface area (Å²) in [6.45, 7) is 3.54. The van der Waals surface area contributed by atoms with Gasteiger partial charge in [-0.25, -0.2) is 0 Å². The second kappa shape index (κ2) is 6.33. The molecule has 5 nitrogen and oxygen atoms in total. The zero-order valence-electron chi connectivity index (χ0n) is 12.7. The molecule has 2 rings (SSSR count).